The number of carbonyl (C=O) groups excluding carboxylic acids is 15. The van der Waals surface area contributed by atoms with E-state index in [1.165, 1.54) is 25.7 Å². The molecule has 36 nitrogen and oxygen atoms in total. The zero-order valence-corrected chi connectivity index (χ0v) is 66.1. The molecule has 622 valence electrons. The average molecular weight is 1560 g/mol. The van der Waals surface area contributed by atoms with Crippen molar-refractivity contribution < 1.29 is 100 Å². The molecule has 9 atom stereocenters. The van der Waals surface area contributed by atoms with E-state index in [4.69, 9.17) is 28.4 Å². The topological polar surface area (TPSA) is 483 Å². The third-order valence-corrected chi connectivity index (χ3v) is 16.6. The van der Waals surface area contributed by atoms with Crippen molar-refractivity contribution in [1.82, 2.24) is 79.3 Å². The zero-order valence-electron chi connectivity index (χ0n) is 66.1. The van der Waals surface area contributed by atoms with E-state index in [-0.39, 0.29) is 165 Å². The molecule has 15 amide bonds. The molecule has 0 bridgehead atoms. The summed E-state index contributed by atoms with van der Waals surface area (Å²) in [6.45, 7) is 31.9. The van der Waals surface area contributed by atoms with Gasteiger partial charge in [-0.2, -0.15) is 0 Å². The molecule has 36 heteroatoms. The van der Waals surface area contributed by atoms with Gasteiger partial charge >= 0.3 is 0 Å². The molecule has 0 aromatic carbocycles. The van der Waals surface area contributed by atoms with Crippen LogP contribution in [-0.4, -0.2) is 274 Å². The minimum Gasteiger partial charge on any atom is -0.377 e. The van der Waals surface area contributed by atoms with Crippen LogP contribution in [0.15, 0.2) is 49.1 Å². The molecular weight excluding hydrogens is 1430 g/mol. The Kier molecular flexibility index (Phi) is 51.9. The van der Waals surface area contributed by atoms with Crippen molar-refractivity contribution in [3.63, 3.8) is 0 Å². The Bertz CT molecular complexity index is 3030. The van der Waals surface area contributed by atoms with Crippen LogP contribution < -0.4 is 74.4 Å². The molecule has 0 saturated carbocycles. The summed E-state index contributed by atoms with van der Waals surface area (Å²) in [5.41, 5.74) is 1.11. The number of amides is 15. The van der Waals surface area contributed by atoms with E-state index in [1.54, 1.807) is 20.8 Å². The van der Waals surface area contributed by atoms with Crippen LogP contribution in [0.5, 0.6) is 0 Å². The summed E-state index contributed by atoms with van der Waals surface area (Å²) in [6.07, 6.45) is 4.60. The second-order valence-electron chi connectivity index (χ2n) is 27.4. The van der Waals surface area contributed by atoms with Gasteiger partial charge in [-0.05, 0) is 117 Å². The Labute approximate surface area is 646 Å². The second kappa shape index (κ2) is 57.8. The predicted molar refractivity (Wildman–Crippen MR) is 407 cm³/mol. The lowest BCUT2D eigenvalue weighted by molar-refractivity contribution is -0.141. The van der Waals surface area contributed by atoms with Gasteiger partial charge in [0.05, 0.1) is 66.0 Å². The molecule has 110 heavy (non-hydrogen) atoms. The normalized spacial score (nSPS) is 14.5. The van der Waals surface area contributed by atoms with Crippen molar-refractivity contribution in [1.29, 1.82) is 0 Å². The number of hydrogen-bond acceptors (Lipinski definition) is 21. The molecule has 0 spiro atoms. The van der Waals surface area contributed by atoms with Gasteiger partial charge in [0.25, 0.3) is 0 Å². The summed E-state index contributed by atoms with van der Waals surface area (Å²) < 4.78 is 32.7. The van der Waals surface area contributed by atoms with Crippen LogP contribution in [0, 0.1) is 17.8 Å². The average Bonchev–Trinajstić information content (AvgIpc) is 1.67. The minimum absolute atomic E-state index is 0.0159. The van der Waals surface area contributed by atoms with Crippen molar-refractivity contribution >= 4 is 88.6 Å². The quantitative estimate of drug-likeness (QED) is 0.0230. The highest BCUT2D eigenvalue weighted by Gasteiger charge is 2.37. The Morgan fingerprint density at radius 3 is 1.30 bits per heavy atom. The van der Waals surface area contributed by atoms with Crippen molar-refractivity contribution in [3.05, 3.63) is 49.1 Å². The van der Waals surface area contributed by atoms with E-state index in [9.17, 15) is 71.9 Å². The molecule has 1 aliphatic rings. The molecular formula is C74H125N15O21. The fraction of sp³-hybridized carbons (Fsp3) is 0.689. The smallest absolute Gasteiger partial charge is 0.246 e. The Morgan fingerprint density at radius 2 is 0.818 bits per heavy atom. The lowest BCUT2D eigenvalue weighted by atomic mass is 9.89. The summed E-state index contributed by atoms with van der Waals surface area (Å²) in [7, 11) is 0. The molecule has 0 radical (unpaired) electrons. The van der Waals surface area contributed by atoms with Crippen LogP contribution in [0.1, 0.15) is 133 Å². The van der Waals surface area contributed by atoms with E-state index in [2.05, 4.69) is 101 Å². The number of likely N-dealkylation sites (tertiary alicyclic amines) is 1. The molecule has 1 heterocycles. The van der Waals surface area contributed by atoms with Crippen molar-refractivity contribution in [3.8, 4) is 0 Å². The summed E-state index contributed by atoms with van der Waals surface area (Å²) in [5.74, 6) is -8.30. The SMILES string of the molecule is C=CC(=O)N[C@@H](C)C(=O)N1CCC[C@H]1C(=O)NCC(=O)N[C@@H](CCC(C)CCC(C)CC(NC(=O)C(C)NC(=O)COCCOCCNC(=O)C(=C)C)C(=O)NC(C)C(=O)NC(CC(C)C)C(=O)NCCOCCOCC(=O)NCCCNC(=O)C(=C)C)C(=O)NCCOCCOCC(=O)NCCCNC(=O)C(=C)C. The predicted octanol–water partition coefficient (Wildman–Crippen LogP) is -2.06. The first kappa shape index (κ1) is 98.8. The molecule has 0 aromatic heterocycles. The highest BCUT2D eigenvalue weighted by molar-refractivity contribution is 5.98. The monoisotopic (exact) mass is 1560 g/mol. The van der Waals surface area contributed by atoms with Crippen molar-refractivity contribution in [2.75, 3.05) is 138 Å². The number of ether oxygens (including phenoxy) is 6. The summed E-state index contributed by atoms with van der Waals surface area (Å²) >= 11 is 0. The molecule has 1 saturated heterocycles. The number of carbonyl (C=O) groups is 15. The van der Waals surface area contributed by atoms with E-state index in [0.29, 0.717) is 87.8 Å². The minimum atomic E-state index is -1.27. The summed E-state index contributed by atoms with van der Waals surface area (Å²) in [4.78, 5) is 195. The highest BCUT2D eigenvalue weighted by atomic mass is 16.5. The van der Waals surface area contributed by atoms with Crippen LogP contribution in [0.3, 0.4) is 0 Å². The van der Waals surface area contributed by atoms with E-state index in [1.807, 2.05) is 27.7 Å². The summed E-state index contributed by atoms with van der Waals surface area (Å²) in [5, 5.41) is 37.3. The zero-order chi connectivity index (χ0) is 82.5. The van der Waals surface area contributed by atoms with E-state index >= 15 is 0 Å². The Morgan fingerprint density at radius 1 is 0.400 bits per heavy atom. The molecule has 0 aromatic rings. The maximum atomic E-state index is 14.3. The van der Waals surface area contributed by atoms with E-state index < -0.39 is 115 Å². The van der Waals surface area contributed by atoms with Gasteiger partial charge in [-0.15, -0.1) is 0 Å². The van der Waals surface area contributed by atoms with Gasteiger partial charge in [-0.3, -0.25) is 71.9 Å². The number of rotatable bonds is 61. The van der Waals surface area contributed by atoms with Gasteiger partial charge < -0.3 is 108 Å². The molecule has 1 rings (SSSR count). The Hall–Kier alpha value is -9.23. The highest BCUT2D eigenvalue weighted by Crippen LogP contribution is 2.22. The fourth-order valence-corrected chi connectivity index (χ4v) is 10.3. The van der Waals surface area contributed by atoms with Crippen LogP contribution in [0.2, 0.25) is 0 Å². The lowest BCUT2D eigenvalue weighted by Crippen LogP contribution is -2.57. The third kappa shape index (κ3) is 46.3. The van der Waals surface area contributed by atoms with Crippen molar-refractivity contribution in [2.45, 2.75) is 176 Å². The van der Waals surface area contributed by atoms with Gasteiger partial charge in [-0.25, -0.2) is 0 Å². The first-order valence-corrected chi connectivity index (χ1v) is 37.5. The summed E-state index contributed by atoms with van der Waals surface area (Å²) in [6, 6.07) is -7.69. The van der Waals surface area contributed by atoms with Crippen LogP contribution in [0.4, 0.5) is 0 Å². The van der Waals surface area contributed by atoms with E-state index in [0.717, 1.165) is 6.08 Å². The van der Waals surface area contributed by atoms with Gasteiger partial charge in [-0.1, -0.05) is 66.9 Å². The fourth-order valence-electron chi connectivity index (χ4n) is 10.3. The molecule has 1 fully saturated rings. The maximum absolute atomic E-state index is 14.3. The van der Waals surface area contributed by atoms with Gasteiger partial charge in [0.2, 0.25) is 88.6 Å². The van der Waals surface area contributed by atoms with Crippen molar-refractivity contribution in [2.24, 2.45) is 17.8 Å². The molecule has 1 aliphatic heterocycles. The number of hydrogen-bond donors (Lipinski definition) is 14. The lowest BCUT2D eigenvalue weighted by Gasteiger charge is -2.27. The first-order chi connectivity index (χ1) is 52.2. The van der Waals surface area contributed by atoms with Gasteiger partial charge in [0, 0.05) is 69.1 Å². The molecule has 6 unspecified atom stereocenters. The van der Waals surface area contributed by atoms with Crippen LogP contribution in [0.25, 0.3) is 0 Å². The second-order valence-corrected chi connectivity index (χ2v) is 27.4. The molecule has 0 aliphatic carbocycles. The standard InChI is InChI=1S/C74H125N15O21/c1-15-60(90)84-55(14)74(104)89-31-16-19-59(89)73(103)82-43-61(91)86-56(70(100)80-29-33-106-35-38-108-44-62(92)75-24-17-26-77-65(95)48(4)5)23-22-51(10)20-21-52(11)42-58(88-68(98)53(12)83-64(94)46-110-40-37-105-32-28-79-67(97)50(8)9)72(102)85-54(13)69(99)87-57(41-47(2)3)71(101)81-30-34-107-36-39-109-45-63(93)76-25-18-27-78-66(96)49(6)7/h15,47,51-59H,1,4,6,8,16-46H2,2-3,5,7,9-14H3,(H,75,92)(H,76,93)(H,77,95)(H,78,96)(H,79,97)(H,80,100)(H,81,101)(H,82,103)(H,83,94)(H,84,90)(H,85,102)(H,86,91)(H,87,99)(H,88,98)/t51?,52?,53?,54?,55-,56-,57?,58?,59-/m0/s1. The third-order valence-electron chi connectivity index (χ3n) is 16.6. The maximum Gasteiger partial charge on any atom is 0.246 e. The van der Waals surface area contributed by atoms with Crippen LogP contribution in [-0.2, 0) is 100 Å². The number of nitrogens with zero attached hydrogens (tertiary/aromatic N) is 1. The van der Waals surface area contributed by atoms with Gasteiger partial charge in [0.15, 0.2) is 0 Å². The largest absolute Gasteiger partial charge is 0.377 e. The van der Waals surface area contributed by atoms with Gasteiger partial charge in [0.1, 0.15) is 62.1 Å². The first-order valence-electron chi connectivity index (χ1n) is 37.5. The van der Waals surface area contributed by atoms with Crippen LogP contribution >= 0.6 is 0 Å². The Balaban J connectivity index is 3.17. The number of nitrogens with one attached hydrogen (secondary N) is 14. The molecule has 14 N–H and O–H groups in total.